The zero-order chi connectivity index (χ0) is 20.6. The molecule has 0 aliphatic carbocycles. The molecule has 6 nitrogen and oxygen atoms in total. The molecule has 1 N–H and O–H groups in total. The summed E-state index contributed by atoms with van der Waals surface area (Å²) in [7, 11) is 0. The van der Waals surface area contributed by atoms with E-state index in [1.807, 2.05) is 4.90 Å². The molecule has 1 aromatic rings. The number of rotatable bonds is 5. The van der Waals surface area contributed by atoms with Gasteiger partial charge in [-0.15, -0.1) is 24.0 Å². The molecule has 168 valence electrons. The van der Waals surface area contributed by atoms with E-state index in [0.29, 0.717) is 25.0 Å². The maximum atomic E-state index is 12.8. The smallest absolute Gasteiger partial charge is 0.225 e. The summed E-state index contributed by atoms with van der Waals surface area (Å²) in [5.74, 6) is 1.80. The van der Waals surface area contributed by atoms with Gasteiger partial charge in [0.15, 0.2) is 5.96 Å². The number of carbonyl (C=O) groups excluding carboxylic acids is 1. The largest absolute Gasteiger partial charge is 0.378 e. The van der Waals surface area contributed by atoms with Gasteiger partial charge in [0, 0.05) is 51.1 Å². The van der Waals surface area contributed by atoms with E-state index in [1.54, 1.807) is 0 Å². The molecule has 2 aliphatic heterocycles. The van der Waals surface area contributed by atoms with E-state index < -0.39 is 0 Å². The number of morpholine rings is 1. The van der Waals surface area contributed by atoms with Crippen molar-refractivity contribution in [2.45, 2.75) is 39.5 Å². The Balaban J connectivity index is 0.00000320. The highest BCUT2D eigenvalue weighted by atomic mass is 127. The fourth-order valence-electron chi connectivity index (χ4n) is 4.11. The van der Waals surface area contributed by atoms with Gasteiger partial charge in [-0.05, 0) is 32.3 Å². The molecule has 0 bridgehead atoms. The second kappa shape index (κ2) is 12.5. The normalized spacial score (nSPS) is 19.2. The van der Waals surface area contributed by atoms with Crippen LogP contribution in [0, 0.1) is 12.8 Å². The predicted octanol–water partition coefficient (Wildman–Crippen LogP) is 3.25. The number of amides is 1. The van der Waals surface area contributed by atoms with Crippen molar-refractivity contribution in [3.63, 3.8) is 0 Å². The molecule has 0 saturated carbocycles. The van der Waals surface area contributed by atoms with Crippen molar-refractivity contribution in [2.24, 2.45) is 10.9 Å². The minimum atomic E-state index is 0. The molecule has 0 aromatic heterocycles. The Bertz CT molecular complexity index is 698. The second-order valence-corrected chi connectivity index (χ2v) is 8.21. The molecule has 2 aliphatic rings. The molecule has 7 heteroatoms. The summed E-state index contributed by atoms with van der Waals surface area (Å²) < 4.78 is 5.37. The van der Waals surface area contributed by atoms with Gasteiger partial charge in [0.25, 0.3) is 0 Å². The van der Waals surface area contributed by atoms with Gasteiger partial charge >= 0.3 is 0 Å². The first-order valence-electron chi connectivity index (χ1n) is 11.0. The van der Waals surface area contributed by atoms with Gasteiger partial charge in [-0.25, -0.2) is 0 Å². The first kappa shape index (κ1) is 24.9. The topological polar surface area (TPSA) is 57.2 Å². The third kappa shape index (κ3) is 6.83. The van der Waals surface area contributed by atoms with Crippen molar-refractivity contribution in [1.29, 1.82) is 0 Å². The minimum absolute atomic E-state index is 0. The number of halogens is 1. The highest BCUT2D eigenvalue weighted by Crippen LogP contribution is 2.21. The van der Waals surface area contributed by atoms with E-state index in [2.05, 4.69) is 55.3 Å². The quantitative estimate of drug-likeness (QED) is 0.362. The van der Waals surface area contributed by atoms with Crippen molar-refractivity contribution < 1.29 is 9.53 Å². The first-order chi connectivity index (χ1) is 14.1. The second-order valence-electron chi connectivity index (χ2n) is 8.21. The molecule has 1 unspecified atom stereocenters. The Labute approximate surface area is 198 Å². The number of nitrogens with zero attached hydrogens (tertiary/aromatic N) is 3. The fourth-order valence-corrected chi connectivity index (χ4v) is 4.11. The summed E-state index contributed by atoms with van der Waals surface area (Å²) >= 11 is 0. The Morgan fingerprint density at radius 2 is 1.90 bits per heavy atom. The average Bonchev–Trinajstić information content (AvgIpc) is 2.76. The molecule has 1 aromatic carbocycles. The van der Waals surface area contributed by atoms with E-state index >= 15 is 0 Å². The number of benzene rings is 1. The van der Waals surface area contributed by atoms with Gasteiger partial charge in [-0.1, -0.05) is 36.8 Å². The van der Waals surface area contributed by atoms with Crippen LogP contribution in [0.2, 0.25) is 0 Å². The average molecular weight is 528 g/mol. The lowest BCUT2D eigenvalue weighted by molar-refractivity contribution is -0.140. The zero-order valence-electron chi connectivity index (χ0n) is 18.6. The van der Waals surface area contributed by atoms with Gasteiger partial charge in [0.1, 0.15) is 0 Å². The van der Waals surface area contributed by atoms with E-state index in [0.717, 1.165) is 58.1 Å². The maximum absolute atomic E-state index is 12.8. The fraction of sp³-hybridized carbons (Fsp3) is 0.652. The third-order valence-corrected chi connectivity index (χ3v) is 5.93. The van der Waals surface area contributed by atoms with E-state index in [4.69, 9.17) is 9.73 Å². The first-order valence-corrected chi connectivity index (χ1v) is 11.0. The van der Waals surface area contributed by atoms with Gasteiger partial charge in [-0.3, -0.25) is 9.79 Å². The van der Waals surface area contributed by atoms with Crippen molar-refractivity contribution >= 4 is 35.8 Å². The summed E-state index contributed by atoms with van der Waals surface area (Å²) in [6.45, 7) is 12.6. The summed E-state index contributed by atoms with van der Waals surface area (Å²) in [6, 6.07) is 8.68. The number of likely N-dealkylation sites (tertiary alicyclic amines) is 1. The lowest BCUT2D eigenvalue weighted by Gasteiger charge is -2.36. The molecule has 2 saturated heterocycles. The van der Waals surface area contributed by atoms with Gasteiger partial charge in [-0.2, -0.15) is 0 Å². The summed E-state index contributed by atoms with van der Waals surface area (Å²) in [6.07, 6.45) is 1.79. The maximum Gasteiger partial charge on any atom is 0.225 e. The minimum Gasteiger partial charge on any atom is -0.378 e. The zero-order valence-corrected chi connectivity index (χ0v) is 20.9. The molecule has 1 amide bonds. The van der Waals surface area contributed by atoms with Crippen LogP contribution in [0.15, 0.2) is 29.3 Å². The number of aryl methyl sites for hydroxylation is 1. The Morgan fingerprint density at radius 3 is 2.53 bits per heavy atom. The molecular formula is C23H37IN4O2. The van der Waals surface area contributed by atoms with E-state index in [1.165, 1.54) is 11.1 Å². The number of guanidine groups is 1. The van der Waals surface area contributed by atoms with Crippen LogP contribution in [-0.4, -0.2) is 74.1 Å². The van der Waals surface area contributed by atoms with Crippen LogP contribution in [0.25, 0.3) is 0 Å². The van der Waals surface area contributed by atoms with Crippen molar-refractivity contribution in [3.05, 3.63) is 35.4 Å². The van der Waals surface area contributed by atoms with E-state index in [9.17, 15) is 4.79 Å². The lowest BCUT2D eigenvalue weighted by Crippen LogP contribution is -2.50. The SMILES string of the molecule is CCNC(=NCC(C)c1cccc(C)c1)N1CCC(C(=O)N2CCOCC2)CC1.I. The molecule has 1 atom stereocenters. The standard InChI is InChI=1S/C23H36N4O2.HI/c1-4-24-23(25-17-19(3)21-7-5-6-18(2)16-21)27-10-8-20(9-11-27)22(28)26-12-14-29-15-13-26;/h5-7,16,19-20H,4,8-15,17H2,1-3H3,(H,24,25);1H. The van der Waals surface area contributed by atoms with Crippen LogP contribution < -0.4 is 5.32 Å². The molecule has 3 rings (SSSR count). The summed E-state index contributed by atoms with van der Waals surface area (Å²) in [5.41, 5.74) is 2.62. The van der Waals surface area contributed by atoms with Crippen LogP contribution in [0.5, 0.6) is 0 Å². The number of hydrogen-bond acceptors (Lipinski definition) is 3. The highest BCUT2D eigenvalue weighted by molar-refractivity contribution is 14.0. The van der Waals surface area contributed by atoms with Crippen LogP contribution >= 0.6 is 24.0 Å². The monoisotopic (exact) mass is 528 g/mol. The molecule has 0 radical (unpaired) electrons. The van der Waals surface area contributed by atoms with Crippen LogP contribution in [-0.2, 0) is 9.53 Å². The Hall–Kier alpha value is -1.35. The molecule has 30 heavy (non-hydrogen) atoms. The van der Waals surface area contributed by atoms with Crippen molar-refractivity contribution in [3.8, 4) is 0 Å². The number of nitrogens with one attached hydrogen (secondary N) is 1. The van der Waals surface area contributed by atoms with Gasteiger partial charge in [0.05, 0.1) is 13.2 Å². The lowest BCUT2D eigenvalue weighted by atomic mass is 9.95. The highest BCUT2D eigenvalue weighted by Gasteiger charge is 2.30. The molecular weight excluding hydrogens is 491 g/mol. The van der Waals surface area contributed by atoms with E-state index in [-0.39, 0.29) is 29.9 Å². The number of ether oxygens (including phenoxy) is 1. The Morgan fingerprint density at radius 1 is 1.20 bits per heavy atom. The number of carbonyl (C=O) groups is 1. The Kier molecular flexibility index (Phi) is 10.4. The number of hydrogen-bond donors (Lipinski definition) is 1. The predicted molar refractivity (Wildman–Crippen MR) is 133 cm³/mol. The van der Waals surface area contributed by atoms with Crippen LogP contribution in [0.1, 0.15) is 43.7 Å². The van der Waals surface area contributed by atoms with Gasteiger partial charge in [0.2, 0.25) is 5.91 Å². The van der Waals surface area contributed by atoms with Crippen LogP contribution in [0.4, 0.5) is 0 Å². The van der Waals surface area contributed by atoms with Crippen LogP contribution in [0.3, 0.4) is 0 Å². The molecule has 2 heterocycles. The summed E-state index contributed by atoms with van der Waals surface area (Å²) in [5, 5.41) is 3.44. The number of aliphatic imine (C=N–C) groups is 1. The summed E-state index contributed by atoms with van der Waals surface area (Å²) in [4.78, 5) is 22.0. The molecule has 2 fully saturated rings. The van der Waals surface area contributed by atoms with Crippen molar-refractivity contribution in [2.75, 3.05) is 52.5 Å². The molecule has 0 spiro atoms. The van der Waals surface area contributed by atoms with Crippen molar-refractivity contribution in [1.82, 2.24) is 15.1 Å². The number of piperidine rings is 1. The van der Waals surface area contributed by atoms with Gasteiger partial charge < -0.3 is 19.9 Å². The third-order valence-electron chi connectivity index (χ3n) is 5.93.